The predicted octanol–water partition coefficient (Wildman–Crippen LogP) is -1.60. The van der Waals surface area contributed by atoms with Gasteiger partial charge < -0.3 is 21.1 Å². The molecule has 0 saturated carbocycles. The third-order valence-corrected chi connectivity index (χ3v) is 1.15. The van der Waals surface area contributed by atoms with E-state index in [0.29, 0.717) is 0 Å². The lowest BCUT2D eigenvalue weighted by Crippen LogP contribution is -2.51. The second kappa shape index (κ2) is 2.62. The fourth-order valence-corrected chi connectivity index (χ4v) is 0.457. The number of nitrogens with two attached hydrogens (primary N) is 1. The standard InChI is InChI=1S/C5H13NO3/c1-3(7)4(6)5(2,8)9/h3-4,7-9H,6H2,1-2H3. The highest BCUT2D eigenvalue weighted by molar-refractivity contribution is 4.78. The van der Waals surface area contributed by atoms with Crippen molar-refractivity contribution < 1.29 is 15.3 Å². The van der Waals surface area contributed by atoms with Gasteiger partial charge in [-0.1, -0.05) is 0 Å². The first-order chi connectivity index (χ1) is 3.85. The number of aliphatic hydroxyl groups excluding tert-OH is 1. The molecule has 9 heavy (non-hydrogen) atoms. The molecule has 0 aliphatic rings. The Morgan fingerprint density at radius 2 is 1.78 bits per heavy atom. The van der Waals surface area contributed by atoms with Crippen molar-refractivity contribution in [1.82, 2.24) is 0 Å². The maximum Gasteiger partial charge on any atom is 0.177 e. The highest BCUT2D eigenvalue weighted by Crippen LogP contribution is 2.05. The van der Waals surface area contributed by atoms with Crippen LogP contribution in [0.3, 0.4) is 0 Å². The molecule has 0 saturated heterocycles. The van der Waals surface area contributed by atoms with Gasteiger partial charge in [0, 0.05) is 0 Å². The Hall–Kier alpha value is -0.160. The van der Waals surface area contributed by atoms with E-state index in [0.717, 1.165) is 6.92 Å². The van der Waals surface area contributed by atoms with Crippen molar-refractivity contribution in [1.29, 1.82) is 0 Å². The van der Waals surface area contributed by atoms with Gasteiger partial charge in [-0.2, -0.15) is 0 Å². The molecule has 0 spiro atoms. The molecule has 0 aromatic carbocycles. The van der Waals surface area contributed by atoms with Gasteiger partial charge in [0.25, 0.3) is 0 Å². The smallest absolute Gasteiger partial charge is 0.177 e. The van der Waals surface area contributed by atoms with E-state index >= 15 is 0 Å². The second-order valence-electron chi connectivity index (χ2n) is 2.36. The lowest BCUT2D eigenvalue weighted by molar-refractivity contribution is -0.177. The topological polar surface area (TPSA) is 86.7 Å². The average Bonchev–Trinajstić information content (AvgIpc) is 1.62. The molecule has 56 valence electrons. The normalized spacial score (nSPS) is 19.3. The minimum Gasteiger partial charge on any atom is -0.392 e. The quantitative estimate of drug-likeness (QED) is 0.343. The Labute approximate surface area is 53.9 Å². The second-order valence-corrected chi connectivity index (χ2v) is 2.36. The van der Waals surface area contributed by atoms with Gasteiger partial charge in [-0.3, -0.25) is 0 Å². The van der Waals surface area contributed by atoms with Crippen molar-refractivity contribution in [3.63, 3.8) is 0 Å². The molecule has 2 atom stereocenters. The van der Waals surface area contributed by atoms with Crippen LogP contribution in [0.2, 0.25) is 0 Å². The van der Waals surface area contributed by atoms with Crippen LogP contribution >= 0.6 is 0 Å². The van der Waals surface area contributed by atoms with Crippen molar-refractivity contribution in [2.24, 2.45) is 5.73 Å². The van der Waals surface area contributed by atoms with Crippen molar-refractivity contribution in [2.75, 3.05) is 0 Å². The van der Waals surface area contributed by atoms with Gasteiger partial charge in [0.1, 0.15) is 0 Å². The summed E-state index contributed by atoms with van der Waals surface area (Å²) in [5, 5.41) is 26.2. The molecule has 2 unspecified atom stereocenters. The van der Waals surface area contributed by atoms with Gasteiger partial charge in [0.15, 0.2) is 5.79 Å². The van der Waals surface area contributed by atoms with Gasteiger partial charge in [-0.25, -0.2) is 0 Å². The summed E-state index contributed by atoms with van der Waals surface area (Å²) in [6.07, 6.45) is -0.912. The molecular formula is C5H13NO3. The summed E-state index contributed by atoms with van der Waals surface area (Å²) in [5.41, 5.74) is 5.14. The summed E-state index contributed by atoms with van der Waals surface area (Å²) in [5.74, 6) is -1.99. The number of hydrogen-bond donors (Lipinski definition) is 4. The third kappa shape index (κ3) is 2.76. The summed E-state index contributed by atoms with van der Waals surface area (Å²) >= 11 is 0. The molecule has 5 N–H and O–H groups in total. The third-order valence-electron chi connectivity index (χ3n) is 1.15. The fourth-order valence-electron chi connectivity index (χ4n) is 0.457. The zero-order chi connectivity index (χ0) is 7.65. The van der Waals surface area contributed by atoms with Crippen molar-refractivity contribution >= 4 is 0 Å². The van der Waals surface area contributed by atoms with Crippen LogP contribution in [-0.4, -0.2) is 33.3 Å². The van der Waals surface area contributed by atoms with E-state index < -0.39 is 17.9 Å². The summed E-state index contributed by atoms with van der Waals surface area (Å²) < 4.78 is 0. The zero-order valence-corrected chi connectivity index (χ0v) is 5.57. The average molecular weight is 135 g/mol. The van der Waals surface area contributed by atoms with E-state index in [1.807, 2.05) is 0 Å². The Balaban J connectivity index is 3.88. The van der Waals surface area contributed by atoms with Crippen molar-refractivity contribution in [2.45, 2.75) is 31.8 Å². The van der Waals surface area contributed by atoms with Crippen molar-refractivity contribution in [3.8, 4) is 0 Å². The number of aliphatic hydroxyl groups is 3. The predicted molar refractivity (Wildman–Crippen MR) is 32.5 cm³/mol. The molecular weight excluding hydrogens is 122 g/mol. The molecule has 0 amide bonds. The molecule has 4 heteroatoms. The first-order valence-corrected chi connectivity index (χ1v) is 2.74. The molecule has 0 rings (SSSR count). The van der Waals surface area contributed by atoms with E-state index in [4.69, 9.17) is 21.1 Å². The van der Waals surface area contributed by atoms with E-state index in [9.17, 15) is 0 Å². The van der Waals surface area contributed by atoms with Crippen LogP contribution in [0.4, 0.5) is 0 Å². The molecule has 0 heterocycles. The van der Waals surface area contributed by atoms with Crippen LogP contribution in [0.5, 0.6) is 0 Å². The summed E-state index contributed by atoms with van der Waals surface area (Å²) in [6, 6.07) is -1.02. The molecule has 0 fully saturated rings. The van der Waals surface area contributed by atoms with Gasteiger partial charge >= 0.3 is 0 Å². The fraction of sp³-hybridized carbons (Fsp3) is 1.00. The maximum absolute atomic E-state index is 8.73. The number of rotatable bonds is 2. The van der Waals surface area contributed by atoms with E-state index in [-0.39, 0.29) is 0 Å². The highest BCUT2D eigenvalue weighted by atomic mass is 16.5. The molecule has 0 aliphatic heterocycles. The van der Waals surface area contributed by atoms with Crippen LogP contribution < -0.4 is 5.73 Å². The van der Waals surface area contributed by atoms with Gasteiger partial charge in [-0.15, -0.1) is 0 Å². The Morgan fingerprint density at radius 3 is 1.78 bits per heavy atom. The van der Waals surface area contributed by atoms with Crippen LogP contribution in [0.15, 0.2) is 0 Å². The molecule has 0 aromatic heterocycles. The SMILES string of the molecule is CC(O)C(N)C(C)(O)O. The van der Waals surface area contributed by atoms with E-state index in [1.54, 1.807) is 0 Å². The van der Waals surface area contributed by atoms with E-state index in [2.05, 4.69) is 0 Å². The van der Waals surface area contributed by atoms with Gasteiger partial charge in [0.2, 0.25) is 0 Å². The lowest BCUT2D eigenvalue weighted by Gasteiger charge is -2.25. The molecule has 0 aromatic rings. The molecule has 0 aliphatic carbocycles. The Bertz CT molecular complexity index is 86.7. The molecule has 4 nitrogen and oxygen atoms in total. The van der Waals surface area contributed by atoms with E-state index in [1.165, 1.54) is 6.92 Å². The number of hydrogen-bond acceptors (Lipinski definition) is 4. The molecule has 0 bridgehead atoms. The van der Waals surface area contributed by atoms with Crippen LogP contribution in [0, 0.1) is 0 Å². The van der Waals surface area contributed by atoms with Crippen LogP contribution in [0.25, 0.3) is 0 Å². The molecule has 0 radical (unpaired) electrons. The highest BCUT2D eigenvalue weighted by Gasteiger charge is 2.28. The summed E-state index contributed by atoms with van der Waals surface area (Å²) in [4.78, 5) is 0. The Kier molecular flexibility index (Phi) is 2.57. The summed E-state index contributed by atoms with van der Waals surface area (Å²) in [6.45, 7) is 2.53. The largest absolute Gasteiger partial charge is 0.392 e. The minimum absolute atomic E-state index is 0.912. The van der Waals surface area contributed by atoms with Crippen molar-refractivity contribution in [3.05, 3.63) is 0 Å². The first-order valence-electron chi connectivity index (χ1n) is 2.74. The summed E-state index contributed by atoms with van der Waals surface area (Å²) in [7, 11) is 0. The monoisotopic (exact) mass is 135 g/mol. The minimum atomic E-state index is -1.99. The van der Waals surface area contributed by atoms with Gasteiger partial charge in [-0.05, 0) is 13.8 Å². The first kappa shape index (κ1) is 8.84. The van der Waals surface area contributed by atoms with Crippen LogP contribution in [0.1, 0.15) is 13.8 Å². The van der Waals surface area contributed by atoms with Gasteiger partial charge in [0.05, 0.1) is 12.1 Å². The maximum atomic E-state index is 8.73. The lowest BCUT2D eigenvalue weighted by atomic mass is 10.1. The Morgan fingerprint density at radius 1 is 1.44 bits per heavy atom. The zero-order valence-electron chi connectivity index (χ0n) is 5.57. The van der Waals surface area contributed by atoms with Crippen LogP contribution in [-0.2, 0) is 0 Å².